The molecule has 0 N–H and O–H groups in total. The zero-order chi connectivity index (χ0) is 23.8. The first-order chi connectivity index (χ1) is 16.5. The molecule has 0 bridgehead atoms. The Bertz CT molecular complexity index is 1520. The summed E-state index contributed by atoms with van der Waals surface area (Å²) >= 11 is 8.20. The van der Waals surface area contributed by atoms with Crippen molar-refractivity contribution in [2.75, 3.05) is 19.7 Å². The van der Waals surface area contributed by atoms with Crippen molar-refractivity contribution in [3.63, 3.8) is 0 Å². The van der Waals surface area contributed by atoms with E-state index < -0.39 is 0 Å². The van der Waals surface area contributed by atoms with Gasteiger partial charge >= 0.3 is 5.97 Å². The third kappa shape index (κ3) is 3.99. The standard InChI is InChI=1S/C23H19N3O5S3/c1-3-29-21(28)14-5-7-15(8-6-14)26-19-18(34-23(26)32)20(27)25(22(24-19)33-2)11-13-4-9-16-17(10-13)31-12-30-16/h4-10H,3,11-12H2,1-2H3. The number of carbonyl (C=O) groups is 1. The zero-order valence-corrected chi connectivity index (χ0v) is 20.7. The number of ether oxygens (including phenoxy) is 3. The van der Waals surface area contributed by atoms with Gasteiger partial charge in [-0.3, -0.25) is 13.9 Å². The number of rotatable bonds is 6. The monoisotopic (exact) mass is 513 g/mol. The predicted octanol–water partition coefficient (Wildman–Crippen LogP) is 4.65. The van der Waals surface area contributed by atoms with Crippen LogP contribution in [0, 0.1) is 3.95 Å². The maximum atomic E-state index is 13.5. The summed E-state index contributed by atoms with van der Waals surface area (Å²) < 4.78 is 20.3. The molecule has 3 heterocycles. The van der Waals surface area contributed by atoms with Gasteiger partial charge in [-0.05, 0) is 67.4 Å². The Hall–Kier alpha value is -3.15. The van der Waals surface area contributed by atoms with Crippen LogP contribution in [-0.4, -0.2) is 39.7 Å². The number of benzene rings is 2. The maximum absolute atomic E-state index is 13.5. The molecule has 0 aliphatic carbocycles. The quantitative estimate of drug-likeness (QED) is 0.159. The Morgan fingerprint density at radius 2 is 1.97 bits per heavy atom. The average molecular weight is 514 g/mol. The molecule has 0 unspecified atom stereocenters. The van der Waals surface area contributed by atoms with Crippen molar-refractivity contribution < 1.29 is 19.0 Å². The van der Waals surface area contributed by atoms with Gasteiger partial charge in [-0.1, -0.05) is 29.2 Å². The fraction of sp³-hybridized carbons (Fsp3) is 0.217. The summed E-state index contributed by atoms with van der Waals surface area (Å²) in [6.07, 6.45) is 1.88. The van der Waals surface area contributed by atoms with Gasteiger partial charge in [-0.2, -0.15) is 0 Å². The second-order valence-electron chi connectivity index (χ2n) is 7.30. The summed E-state index contributed by atoms with van der Waals surface area (Å²) in [6, 6.07) is 12.5. The minimum atomic E-state index is -0.387. The molecule has 34 heavy (non-hydrogen) atoms. The molecule has 2 aromatic carbocycles. The van der Waals surface area contributed by atoms with Gasteiger partial charge in [0.25, 0.3) is 5.56 Å². The van der Waals surface area contributed by atoms with Crippen molar-refractivity contribution in [2.45, 2.75) is 18.6 Å². The molecule has 5 rings (SSSR count). The lowest BCUT2D eigenvalue weighted by atomic mass is 10.2. The van der Waals surface area contributed by atoms with E-state index in [1.807, 2.05) is 24.5 Å². The number of fused-ring (bicyclic) bond motifs is 2. The topological polar surface area (TPSA) is 84.6 Å². The SMILES string of the molecule is CCOC(=O)c1ccc(-n2c(=S)sc3c(=O)n(Cc4ccc5c(c4)OCO5)c(SC)nc32)cc1. The van der Waals surface area contributed by atoms with Crippen LogP contribution in [-0.2, 0) is 11.3 Å². The molecule has 1 aliphatic heterocycles. The van der Waals surface area contributed by atoms with Crippen molar-refractivity contribution in [2.24, 2.45) is 0 Å². The first-order valence-corrected chi connectivity index (χ1v) is 12.8. The molecular formula is C23H19N3O5S3. The van der Waals surface area contributed by atoms with Crippen LogP contribution in [0.5, 0.6) is 11.5 Å². The van der Waals surface area contributed by atoms with Crippen LogP contribution < -0.4 is 15.0 Å². The van der Waals surface area contributed by atoms with E-state index in [1.54, 1.807) is 40.3 Å². The Morgan fingerprint density at radius 1 is 1.21 bits per heavy atom. The number of nitrogens with zero attached hydrogens (tertiary/aromatic N) is 3. The molecule has 4 aromatic rings. The second-order valence-corrected chi connectivity index (χ2v) is 9.72. The molecule has 0 fully saturated rings. The number of hydrogen-bond donors (Lipinski definition) is 0. The molecule has 2 aromatic heterocycles. The fourth-order valence-electron chi connectivity index (χ4n) is 3.67. The third-order valence-electron chi connectivity index (χ3n) is 5.26. The van der Waals surface area contributed by atoms with Crippen LogP contribution in [0.1, 0.15) is 22.8 Å². The number of carbonyl (C=O) groups excluding carboxylic acids is 1. The lowest BCUT2D eigenvalue weighted by Gasteiger charge is -2.12. The van der Waals surface area contributed by atoms with Crippen LogP contribution >= 0.6 is 35.3 Å². The van der Waals surface area contributed by atoms with Gasteiger partial charge in [0.05, 0.1) is 18.7 Å². The highest BCUT2D eigenvalue weighted by Crippen LogP contribution is 2.33. The summed E-state index contributed by atoms with van der Waals surface area (Å²) in [4.78, 5) is 30.3. The Balaban J connectivity index is 1.57. The summed E-state index contributed by atoms with van der Waals surface area (Å²) in [5, 5.41) is 0.569. The molecule has 0 saturated heterocycles. The van der Waals surface area contributed by atoms with E-state index in [2.05, 4.69) is 0 Å². The third-order valence-corrected chi connectivity index (χ3v) is 7.28. The molecule has 0 spiro atoms. The normalized spacial score (nSPS) is 12.3. The minimum Gasteiger partial charge on any atom is -0.462 e. The van der Waals surface area contributed by atoms with Gasteiger partial charge in [0.1, 0.15) is 4.70 Å². The Morgan fingerprint density at radius 3 is 2.71 bits per heavy atom. The van der Waals surface area contributed by atoms with Crippen molar-refractivity contribution >= 4 is 51.6 Å². The number of esters is 1. The predicted molar refractivity (Wildman–Crippen MR) is 133 cm³/mol. The largest absolute Gasteiger partial charge is 0.462 e. The first-order valence-electron chi connectivity index (χ1n) is 10.4. The van der Waals surface area contributed by atoms with Crippen LogP contribution in [0.2, 0.25) is 0 Å². The van der Waals surface area contributed by atoms with Gasteiger partial charge < -0.3 is 14.2 Å². The summed E-state index contributed by atoms with van der Waals surface area (Å²) in [7, 11) is 0. The highest BCUT2D eigenvalue weighted by Gasteiger charge is 2.19. The highest BCUT2D eigenvalue weighted by molar-refractivity contribution is 7.98. The van der Waals surface area contributed by atoms with Crippen LogP contribution in [0.4, 0.5) is 0 Å². The lowest BCUT2D eigenvalue weighted by molar-refractivity contribution is 0.0526. The summed E-state index contributed by atoms with van der Waals surface area (Å²) in [6.45, 7) is 2.60. The molecule has 8 nitrogen and oxygen atoms in total. The minimum absolute atomic E-state index is 0.162. The molecule has 0 saturated carbocycles. The van der Waals surface area contributed by atoms with E-state index in [0.717, 1.165) is 11.3 Å². The van der Waals surface area contributed by atoms with E-state index >= 15 is 0 Å². The smallest absolute Gasteiger partial charge is 0.338 e. The van der Waals surface area contributed by atoms with E-state index in [0.29, 0.717) is 49.7 Å². The van der Waals surface area contributed by atoms with Crippen LogP contribution in [0.15, 0.2) is 52.4 Å². The second kappa shape index (κ2) is 9.24. The number of hydrogen-bond acceptors (Lipinski definition) is 9. The Labute approximate surface area is 207 Å². The molecular weight excluding hydrogens is 494 g/mol. The van der Waals surface area contributed by atoms with E-state index in [9.17, 15) is 9.59 Å². The number of thiazole rings is 1. The molecule has 174 valence electrons. The maximum Gasteiger partial charge on any atom is 0.338 e. The van der Waals surface area contributed by atoms with Crippen LogP contribution in [0.3, 0.4) is 0 Å². The Kier molecular flexibility index (Phi) is 6.15. The van der Waals surface area contributed by atoms with E-state index in [4.69, 9.17) is 31.4 Å². The fourth-order valence-corrected chi connectivity index (χ4v) is 5.54. The molecule has 11 heteroatoms. The van der Waals surface area contributed by atoms with Gasteiger partial charge in [0, 0.05) is 5.69 Å². The number of aromatic nitrogens is 3. The van der Waals surface area contributed by atoms with Crippen molar-refractivity contribution in [1.82, 2.24) is 14.1 Å². The first kappa shape index (κ1) is 22.6. The summed E-state index contributed by atoms with van der Waals surface area (Å²) in [5.74, 6) is 0.971. The van der Waals surface area contributed by atoms with Gasteiger partial charge in [-0.25, -0.2) is 9.78 Å². The van der Waals surface area contributed by atoms with E-state index in [1.165, 1.54) is 23.1 Å². The van der Waals surface area contributed by atoms with Gasteiger partial charge in [-0.15, -0.1) is 0 Å². The highest BCUT2D eigenvalue weighted by atomic mass is 32.2. The van der Waals surface area contributed by atoms with Gasteiger partial charge in [0.15, 0.2) is 26.3 Å². The van der Waals surface area contributed by atoms with Crippen molar-refractivity contribution in [1.29, 1.82) is 0 Å². The lowest BCUT2D eigenvalue weighted by Crippen LogP contribution is -2.23. The summed E-state index contributed by atoms with van der Waals surface area (Å²) in [5.41, 5.74) is 2.40. The van der Waals surface area contributed by atoms with Gasteiger partial charge in [0.2, 0.25) is 6.79 Å². The van der Waals surface area contributed by atoms with Crippen molar-refractivity contribution in [3.8, 4) is 17.2 Å². The average Bonchev–Trinajstić information content (AvgIpc) is 3.44. The number of thioether (sulfide) groups is 1. The molecule has 0 amide bonds. The van der Waals surface area contributed by atoms with Crippen molar-refractivity contribution in [3.05, 3.63) is 67.9 Å². The zero-order valence-electron chi connectivity index (χ0n) is 18.3. The van der Waals surface area contributed by atoms with E-state index in [-0.39, 0.29) is 18.3 Å². The molecule has 0 radical (unpaired) electrons. The molecule has 0 atom stereocenters. The van der Waals surface area contributed by atoms with Crippen LogP contribution in [0.25, 0.3) is 16.0 Å². The molecule has 1 aliphatic rings.